The van der Waals surface area contributed by atoms with Crippen LogP contribution < -0.4 is 4.72 Å². The van der Waals surface area contributed by atoms with E-state index < -0.39 is 10.0 Å². The second-order valence-corrected chi connectivity index (χ2v) is 5.98. The molecule has 0 spiro atoms. The smallest absolute Gasteiger partial charge is 0.229 e. The minimum atomic E-state index is -3.25. The van der Waals surface area contributed by atoms with Gasteiger partial charge in [-0.05, 0) is 18.1 Å². The number of nitrogens with zero attached hydrogens (tertiary/aromatic N) is 2. The summed E-state index contributed by atoms with van der Waals surface area (Å²) < 4.78 is 26.2. The number of hydrogen-bond donors (Lipinski definition) is 1. The average Bonchev–Trinajstić information content (AvgIpc) is 2.66. The zero-order chi connectivity index (χ0) is 13.2. The number of aryl methyl sites for hydroxylation is 1. The largest absolute Gasteiger partial charge is 0.281 e. The van der Waals surface area contributed by atoms with E-state index >= 15 is 0 Å². The Bertz CT molecular complexity index is 647. The summed E-state index contributed by atoms with van der Waals surface area (Å²) in [5.74, 6) is 0. The summed E-state index contributed by atoms with van der Waals surface area (Å²) in [5, 5.41) is 4.13. The summed E-state index contributed by atoms with van der Waals surface area (Å²) in [5.41, 5.74) is 2.82. The molecule has 2 rings (SSSR count). The van der Waals surface area contributed by atoms with Gasteiger partial charge in [-0.3, -0.25) is 9.40 Å². The van der Waals surface area contributed by atoms with Crippen molar-refractivity contribution in [2.24, 2.45) is 0 Å². The molecule has 5 nitrogen and oxygen atoms in total. The van der Waals surface area contributed by atoms with Crippen molar-refractivity contribution in [2.75, 3.05) is 11.0 Å². The molecule has 0 radical (unpaired) electrons. The van der Waals surface area contributed by atoms with E-state index in [1.54, 1.807) is 10.9 Å². The Morgan fingerprint density at radius 2 is 2.06 bits per heavy atom. The second-order valence-electron chi connectivity index (χ2n) is 4.23. The molecule has 1 heterocycles. The van der Waals surface area contributed by atoms with Gasteiger partial charge < -0.3 is 0 Å². The molecular formula is C12H15N3O2S. The molecule has 0 aliphatic carbocycles. The molecule has 0 atom stereocenters. The predicted molar refractivity (Wildman–Crippen MR) is 71.0 cm³/mol. The quantitative estimate of drug-likeness (QED) is 0.913. The van der Waals surface area contributed by atoms with Crippen molar-refractivity contribution < 1.29 is 8.42 Å². The molecule has 0 saturated heterocycles. The van der Waals surface area contributed by atoms with E-state index in [1.165, 1.54) is 11.8 Å². The van der Waals surface area contributed by atoms with Crippen LogP contribution in [-0.2, 0) is 16.6 Å². The van der Waals surface area contributed by atoms with Crippen LogP contribution in [-0.4, -0.2) is 24.5 Å². The van der Waals surface area contributed by atoms with Crippen molar-refractivity contribution in [1.29, 1.82) is 0 Å². The van der Waals surface area contributed by atoms with Crippen molar-refractivity contribution in [2.45, 2.75) is 13.5 Å². The van der Waals surface area contributed by atoms with Crippen LogP contribution in [0.1, 0.15) is 11.1 Å². The molecule has 2 aromatic rings. The Morgan fingerprint density at radius 3 is 2.72 bits per heavy atom. The number of anilines is 1. The summed E-state index contributed by atoms with van der Waals surface area (Å²) in [7, 11) is -3.25. The summed E-state index contributed by atoms with van der Waals surface area (Å²) in [6, 6.07) is 8.02. The Kier molecular flexibility index (Phi) is 3.38. The highest BCUT2D eigenvalue weighted by molar-refractivity contribution is 7.92. The van der Waals surface area contributed by atoms with Gasteiger partial charge in [-0.2, -0.15) is 5.10 Å². The first kappa shape index (κ1) is 12.6. The maximum absolute atomic E-state index is 11.1. The van der Waals surface area contributed by atoms with Crippen LogP contribution in [0.3, 0.4) is 0 Å². The van der Waals surface area contributed by atoms with Gasteiger partial charge in [-0.15, -0.1) is 0 Å². The monoisotopic (exact) mass is 265 g/mol. The Balaban J connectivity index is 2.14. The van der Waals surface area contributed by atoms with Crippen LogP contribution in [0.15, 0.2) is 36.7 Å². The SMILES string of the molecule is Cc1ccccc1Cn1cc(NS(C)(=O)=O)cn1. The standard InChI is InChI=1S/C12H15N3O2S/c1-10-5-3-4-6-11(10)8-15-9-12(7-13-15)14-18(2,16)17/h3-7,9,14H,8H2,1-2H3. The third-order valence-corrected chi connectivity index (χ3v) is 3.14. The minimum absolute atomic E-state index is 0.478. The zero-order valence-electron chi connectivity index (χ0n) is 10.3. The van der Waals surface area contributed by atoms with Crippen molar-refractivity contribution in [3.63, 3.8) is 0 Å². The molecule has 0 fully saturated rings. The number of benzene rings is 1. The van der Waals surface area contributed by atoms with Gasteiger partial charge in [0.25, 0.3) is 0 Å². The summed E-state index contributed by atoms with van der Waals surface area (Å²) in [6.07, 6.45) is 4.29. The molecule has 0 amide bonds. The van der Waals surface area contributed by atoms with E-state index in [1.807, 2.05) is 31.2 Å². The zero-order valence-corrected chi connectivity index (χ0v) is 11.1. The highest BCUT2D eigenvalue weighted by Crippen LogP contribution is 2.11. The lowest BCUT2D eigenvalue weighted by molar-refractivity contribution is 0.607. The third-order valence-electron chi connectivity index (χ3n) is 2.53. The predicted octanol–water partition coefficient (Wildman–Crippen LogP) is 1.61. The lowest BCUT2D eigenvalue weighted by atomic mass is 10.1. The molecule has 0 saturated carbocycles. The highest BCUT2D eigenvalue weighted by atomic mass is 32.2. The van der Waals surface area contributed by atoms with Gasteiger partial charge in [-0.25, -0.2) is 8.42 Å². The summed E-state index contributed by atoms with van der Waals surface area (Å²) in [6.45, 7) is 2.66. The van der Waals surface area contributed by atoms with Gasteiger partial charge in [0.1, 0.15) is 0 Å². The molecule has 18 heavy (non-hydrogen) atoms. The van der Waals surface area contributed by atoms with Gasteiger partial charge >= 0.3 is 0 Å². The van der Waals surface area contributed by atoms with Crippen LogP contribution in [0.25, 0.3) is 0 Å². The fourth-order valence-corrected chi connectivity index (χ4v) is 2.21. The number of nitrogens with one attached hydrogen (secondary N) is 1. The number of sulfonamides is 1. The maximum Gasteiger partial charge on any atom is 0.229 e. The van der Waals surface area contributed by atoms with Crippen molar-refractivity contribution in [3.05, 3.63) is 47.8 Å². The highest BCUT2D eigenvalue weighted by Gasteiger charge is 2.05. The van der Waals surface area contributed by atoms with Crippen LogP contribution in [0, 0.1) is 6.92 Å². The first-order valence-electron chi connectivity index (χ1n) is 5.49. The third kappa shape index (κ3) is 3.33. The normalized spacial score (nSPS) is 11.4. The molecule has 6 heteroatoms. The van der Waals surface area contributed by atoms with E-state index in [4.69, 9.17) is 0 Å². The summed E-state index contributed by atoms with van der Waals surface area (Å²) in [4.78, 5) is 0. The first-order valence-corrected chi connectivity index (χ1v) is 7.38. The fraction of sp³-hybridized carbons (Fsp3) is 0.250. The molecule has 1 aromatic heterocycles. The lowest BCUT2D eigenvalue weighted by Gasteiger charge is -2.05. The average molecular weight is 265 g/mol. The molecule has 0 bridgehead atoms. The van der Waals surface area contributed by atoms with E-state index in [0.717, 1.165) is 11.8 Å². The van der Waals surface area contributed by atoms with Crippen LogP contribution >= 0.6 is 0 Å². The first-order chi connectivity index (χ1) is 8.44. The maximum atomic E-state index is 11.1. The summed E-state index contributed by atoms with van der Waals surface area (Å²) >= 11 is 0. The van der Waals surface area contributed by atoms with Gasteiger partial charge in [0, 0.05) is 6.20 Å². The molecule has 0 aliphatic heterocycles. The van der Waals surface area contributed by atoms with Crippen molar-refractivity contribution >= 4 is 15.7 Å². The topological polar surface area (TPSA) is 64.0 Å². The van der Waals surface area contributed by atoms with Crippen LogP contribution in [0.2, 0.25) is 0 Å². The van der Waals surface area contributed by atoms with Gasteiger partial charge in [-0.1, -0.05) is 24.3 Å². The number of aromatic nitrogens is 2. The molecule has 96 valence electrons. The van der Waals surface area contributed by atoms with Crippen LogP contribution in [0.4, 0.5) is 5.69 Å². The van der Waals surface area contributed by atoms with E-state index in [2.05, 4.69) is 9.82 Å². The minimum Gasteiger partial charge on any atom is -0.281 e. The van der Waals surface area contributed by atoms with Gasteiger partial charge in [0.05, 0.1) is 24.7 Å². The van der Waals surface area contributed by atoms with E-state index in [-0.39, 0.29) is 0 Å². The fourth-order valence-electron chi connectivity index (χ4n) is 1.68. The molecule has 1 N–H and O–H groups in total. The van der Waals surface area contributed by atoms with E-state index in [9.17, 15) is 8.42 Å². The molecule has 0 unspecified atom stereocenters. The Labute approximate surface area is 107 Å². The molecule has 1 aromatic carbocycles. The van der Waals surface area contributed by atoms with Crippen molar-refractivity contribution in [1.82, 2.24) is 9.78 Å². The van der Waals surface area contributed by atoms with Crippen LogP contribution in [0.5, 0.6) is 0 Å². The lowest BCUT2D eigenvalue weighted by Crippen LogP contribution is -2.08. The molecular weight excluding hydrogens is 250 g/mol. The second kappa shape index (κ2) is 4.81. The van der Waals surface area contributed by atoms with E-state index in [0.29, 0.717) is 12.2 Å². The number of hydrogen-bond acceptors (Lipinski definition) is 3. The Morgan fingerprint density at radius 1 is 1.33 bits per heavy atom. The Hall–Kier alpha value is -1.82. The van der Waals surface area contributed by atoms with Gasteiger partial charge in [0.15, 0.2) is 0 Å². The van der Waals surface area contributed by atoms with Crippen molar-refractivity contribution in [3.8, 4) is 0 Å². The molecule has 0 aliphatic rings. The number of rotatable bonds is 4. The van der Waals surface area contributed by atoms with Gasteiger partial charge in [0.2, 0.25) is 10.0 Å².